The second kappa shape index (κ2) is 13.5. The Morgan fingerprint density at radius 2 is 2.08 bits per heavy atom. The van der Waals surface area contributed by atoms with Crippen LogP contribution in [0.4, 0.5) is 20.6 Å². The number of nitrogen functional groups attached to an aromatic ring is 1. The van der Waals surface area contributed by atoms with Crippen molar-refractivity contribution in [2.45, 2.75) is 32.8 Å². The number of carbonyl (C=O) groups is 2. The average molecular weight is 546 g/mol. The number of allylic oxidation sites excluding steroid dienone is 1. The van der Waals surface area contributed by atoms with Crippen LogP contribution >= 0.6 is 11.6 Å². The fourth-order valence-corrected chi connectivity index (χ4v) is 3.26. The number of nitrogens with one attached hydrogen (secondary N) is 2. The van der Waals surface area contributed by atoms with Crippen molar-refractivity contribution in [3.63, 3.8) is 0 Å². The zero-order valence-corrected chi connectivity index (χ0v) is 22.4. The van der Waals surface area contributed by atoms with Crippen molar-refractivity contribution in [3.05, 3.63) is 72.0 Å². The topological polar surface area (TPSA) is 136 Å². The Morgan fingerprint density at radius 3 is 2.71 bits per heavy atom. The predicted molar refractivity (Wildman–Crippen MR) is 150 cm³/mol. The van der Waals surface area contributed by atoms with Gasteiger partial charge in [-0.1, -0.05) is 30.8 Å². The summed E-state index contributed by atoms with van der Waals surface area (Å²) in [6, 6.07) is 4.41. The first-order valence-electron chi connectivity index (χ1n) is 11.6. The van der Waals surface area contributed by atoms with Crippen molar-refractivity contribution in [1.82, 2.24) is 20.4 Å². The molecule has 5 N–H and O–H groups in total. The summed E-state index contributed by atoms with van der Waals surface area (Å²) in [5.41, 5.74) is 7.80. The number of nitrogens with two attached hydrogens (primary N) is 1. The van der Waals surface area contributed by atoms with Gasteiger partial charge in [0.2, 0.25) is 5.96 Å². The maximum absolute atomic E-state index is 13.4. The molecule has 2 rings (SSSR count). The number of hydrogen-bond acceptors (Lipinski definition) is 6. The zero-order valence-electron chi connectivity index (χ0n) is 21.7. The summed E-state index contributed by atoms with van der Waals surface area (Å²) in [6.07, 6.45) is 4.47. The van der Waals surface area contributed by atoms with Crippen molar-refractivity contribution >= 4 is 47.1 Å². The molecule has 1 aromatic rings. The minimum atomic E-state index is -0.971. The van der Waals surface area contributed by atoms with Crippen LogP contribution in [0.2, 0.25) is 0 Å². The van der Waals surface area contributed by atoms with E-state index in [9.17, 15) is 19.1 Å². The fourth-order valence-electron chi connectivity index (χ4n) is 3.20. The van der Waals surface area contributed by atoms with E-state index in [1.807, 2.05) is 0 Å². The number of guanidine groups is 1. The third-order valence-electron chi connectivity index (χ3n) is 5.08. The van der Waals surface area contributed by atoms with Crippen LogP contribution in [0.3, 0.4) is 0 Å². The number of hydrogen-bond donors (Lipinski definition) is 4. The average Bonchev–Trinajstić information content (AvgIpc) is 2.82. The third kappa shape index (κ3) is 9.16. The SMILES string of the molecule is C=C(CN1C(=C)N(CC/C=C(\C)F)C(=Nc2ccc(N)c(C=NCC(C)(C)O)c2)NC1=O)C(=O)N/C=C/Cl. The Kier molecular flexibility index (Phi) is 10.8. The number of halogens is 2. The van der Waals surface area contributed by atoms with E-state index < -0.39 is 17.5 Å². The van der Waals surface area contributed by atoms with E-state index in [2.05, 4.69) is 33.8 Å². The van der Waals surface area contributed by atoms with Gasteiger partial charge in [0.15, 0.2) is 0 Å². The van der Waals surface area contributed by atoms with Gasteiger partial charge in [0.05, 0.1) is 30.2 Å². The second-order valence-corrected chi connectivity index (χ2v) is 9.32. The lowest BCUT2D eigenvalue weighted by Crippen LogP contribution is -2.58. The summed E-state index contributed by atoms with van der Waals surface area (Å²) in [6.45, 7) is 12.6. The molecule has 38 heavy (non-hydrogen) atoms. The molecule has 3 amide bonds. The van der Waals surface area contributed by atoms with E-state index in [0.29, 0.717) is 23.4 Å². The smallest absolute Gasteiger partial charge is 0.330 e. The number of aliphatic hydroxyl groups is 1. The van der Waals surface area contributed by atoms with Crippen LogP contribution in [0.15, 0.2) is 76.4 Å². The normalized spacial score (nSPS) is 16.1. The summed E-state index contributed by atoms with van der Waals surface area (Å²) in [7, 11) is 0. The molecule has 1 heterocycles. The number of nitrogens with zero attached hydrogens (tertiary/aromatic N) is 4. The first-order chi connectivity index (χ1) is 17.8. The number of benzene rings is 1. The van der Waals surface area contributed by atoms with Crippen LogP contribution in [-0.2, 0) is 4.79 Å². The van der Waals surface area contributed by atoms with Crippen molar-refractivity contribution in [1.29, 1.82) is 0 Å². The van der Waals surface area contributed by atoms with E-state index in [-0.39, 0.29) is 42.8 Å². The number of urea groups is 1. The van der Waals surface area contributed by atoms with Crippen LogP contribution in [0.5, 0.6) is 0 Å². The molecule has 0 atom stereocenters. The zero-order chi connectivity index (χ0) is 28.5. The molecule has 0 unspecified atom stereocenters. The van der Waals surface area contributed by atoms with Gasteiger partial charge in [-0.25, -0.2) is 14.2 Å². The first-order valence-corrected chi connectivity index (χ1v) is 12.1. The molecule has 1 aromatic carbocycles. The van der Waals surface area contributed by atoms with E-state index in [4.69, 9.17) is 17.3 Å². The molecule has 0 aromatic heterocycles. The van der Waals surface area contributed by atoms with Crippen molar-refractivity contribution in [3.8, 4) is 0 Å². The number of rotatable bonds is 11. The summed E-state index contributed by atoms with van der Waals surface area (Å²) >= 11 is 5.43. The highest BCUT2D eigenvalue weighted by Gasteiger charge is 2.32. The molecule has 204 valence electrons. The highest BCUT2D eigenvalue weighted by molar-refractivity contribution is 6.25. The number of anilines is 1. The Bertz CT molecular complexity index is 1200. The first kappa shape index (κ1) is 30.3. The van der Waals surface area contributed by atoms with E-state index in [1.165, 1.54) is 24.1 Å². The van der Waals surface area contributed by atoms with Gasteiger partial charge in [0, 0.05) is 41.3 Å². The lowest BCUT2D eigenvalue weighted by atomic mass is 10.1. The monoisotopic (exact) mass is 545 g/mol. The molecule has 0 radical (unpaired) electrons. The van der Waals surface area contributed by atoms with Gasteiger partial charge in [-0.15, -0.1) is 0 Å². The molecule has 1 aliphatic rings. The van der Waals surface area contributed by atoms with Gasteiger partial charge >= 0.3 is 6.03 Å². The lowest BCUT2D eigenvalue weighted by Gasteiger charge is -2.39. The molecule has 1 aliphatic heterocycles. The van der Waals surface area contributed by atoms with Crippen LogP contribution < -0.4 is 16.4 Å². The van der Waals surface area contributed by atoms with Gasteiger partial charge in [0.1, 0.15) is 5.82 Å². The standard InChI is InChI=1S/C26H33ClFN7O3/c1-17(23(36)31-11-10-27)15-35-19(3)34(12-6-7-18(2)28)24(33-25(35)37)32-21-8-9-22(29)20(13-21)14-30-16-26(4,5)38/h7-11,13-14,38H,1,3,6,12,15-16,29H2,2,4-5H3,(H,31,36)(H,32,33,37)/b11-10+,18-7+,30-14?. The Balaban J connectivity index is 2.36. The Morgan fingerprint density at radius 1 is 1.37 bits per heavy atom. The highest BCUT2D eigenvalue weighted by atomic mass is 35.5. The number of carbonyl (C=O) groups excluding carboxylic acids is 2. The molecular formula is C26H33ClFN7O3. The number of amides is 3. The van der Waals surface area contributed by atoms with Gasteiger partial charge in [0.25, 0.3) is 5.91 Å². The van der Waals surface area contributed by atoms with E-state index in [0.717, 1.165) is 5.54 Å². The minimum absolute atomic E-state index is 0.0874. The van der Waals surface area contributed by atoms with Gasteiger partial charge < -0.3 is 16.2 Å². The van der Waals surface area contributed by atoms with Gasteiger partial charge in [-0.2, -0.15) is 0 Å². The van der Waals surface area contributed by atoms with Crippen LogP contribution in [-0.4, -0.2) is 64.3 Å². The molecule has 0 aliphatic carbocycles. The second-order valence-electron chi connectivity index (χ2n) is 9.06. The van der Waals surface area contributed by atoms with Crippen molar-refractivity contribution < 1.29 is 19.1 Å². The summed E-state index contributed by atoms with van der Waals surface area (Å²) in [5.74, 6) is -0.491. The van der Waals surface area contributed by atoms with Gasteiger partial charge in [-0.3, -0.25) is 24.9 Å². The highest BCUT2D eigenvalue weighted by Crippen LogP contribution is 2.23. The van der Waals surface area contributed by atoms with Crippen LogP contribution in [0.1, 0.15) is 32.8 Å². The molecule has 0 spiro atoms. The molecule has 1 fully saturated rings. The molecule has 0 saturated carbocycles. The third-order valence-corrected chi connectivity index (χ3v) is 5.21. The summed E-state index contributed by atoms with van der Waals surface area (Å²) in [5, 5.41) is 15.0. The predicted octanol–water partition coefficient (Wildman–Crippen LogP) is 3.89. The lowest BCUT2D eigenvalue weighted by molar-refractivity contribution is -0.116. The quantitative estimate of drug-likeness (QED) is 0.190. The van der Waals surface area contributed by atoms with E-state index >= 15 is 0 Å². The minimum Gasteiger partial charge on any atom is -0.398 e. The largest absolute Gasteiger partial charge is 0.398 e. The van der Waals surface area contributed by atoms with Crippen molar-refractivity contribution in [2.24, 2.45) is 9.98 Å². The molecular weight excluding hydrogens is 513 g/mol. The van der Waals surface area contributed by atoms with Crippen molar-refractivity contribution in [2.75, 3.05) is 25.4 Å². The Hall–Kier alpha value is -3.96. The maximum atomic E-state index is 13.4. The molecule has 12 heteroatoms. The van der Waals surface area contributed by atoms with E-state index in [1.54, 1.807) is 43.2 Å². The molecule has 1 saturated heterocycles. The molecule has 0 bridgehead atoms. The maximum Gasteiger partial charge on any atom is 0.330 e. The Labute approximate surface area is 226 Å². The van der Waals surface area contributed by atoms with Gasteiger partial charge in [-0.05, 0) is 45.4 Å². The summed E-state index contributed by atoms with van der Waals surface area (Å²) < 4.78 is 13.4. The fraction of sp³-hybridized carbons (Fsp3) is 0.308. The molecule has 10 nitrogen and oxygen atoms in total. The number of aliphatic imine (C=N–C) groups is 2. The summed E-state index contributed by atoms with van der Waals surface area (Å²) in [4.78, 5) is 36.8. The van der Waals surface area contributed by atoms with Crippen LogP contribution in [0.25, 0.3) is 0 Å². The van der Waals surface area contributed by atoms with Crippen LogP contribution in [0, 0.1) is 0 Å².